The third-order valence-electron chi connectivity index (χ3n) is 6.00. The fourth-order valence-corrected chi connectivity index (χ4v) is 5.25. The van der Waals surface area contributed by atoms with Crippen LogP contribution in [0.1, 0.15) is 24.5 Å². The summed E-state index contributed by atoms with van der Waals surface area (Å²) in [6.45, 7) is 3.75. The van der Waals surface area contributed by atoms with E-state index in [2.05, 4.69) is 48.3 Å². The summed E-state index contributed by atoms with van der Waals surface area (Å²) in [5.41, 5.74) is 5.46. The van der Waals surface area contributed by atoms with E-state index in [0.717, 1.165) is 6.04 Å². The van der Waals surface area contributed by atoms with Gasteiger partial charge in [0.15, 0.2) is 0 Å². The molecule has 0 radical (unpaired) electrons. The highest BCUT2D eigenvalue weighted by atomic mass is 15.2. The molecule has 5 rings (SSSR count). The van der Waals surface area contributed by atoms with Gasteiger partial charge in [-0.05, 0) is 42.5 Å². The highest BCUT2D eigenvalue weighted by molar-refractivity contribution is 5.90. The number of likely N-dealkylation sites (tertiary alicyclic amines) is 1. The summed E-state index contributed by atoms with van der Waals surface area (Å²) in [6, 6.07) is 7.55. The lowest BCUT2D eigenvalue weighted by molar-refractivity contribution is 0.246. The zero-order valence-corrected chi connectivity index (χ0v) is 11.0. The topological polar surface area (TPSA) is 19.0 Å². The molecule has 1 saturated heterocycles. The average molecular weight is 238 g/mol. The van der Waals surface area contributed by atoms with Crippen molar-refractivity contribution in [3.63, 3.8) is 0 Å². The Balaban J connectivity index is 1.89. The molecular formula is C16H18N2. The van der Waals surface area contributed by atoms with Gasteiger partial charge in [0, 0.05) is 35.1 Å². The number of aromatic nitrogens is 1. The van der Waals surface area contributed by atoms with Crippen LogP contribution in [0.15, 0.2) is 24.4 Å². The maximum Gasteiger partial charge on any atom is 0.0459 e. The average Bonchev–Trinajstić information content (AvgIpc) is 2.68. The molecule has 0 unspecified atom stereocenters. The van der Waals surface area contributed by atoms with Crippen LogP contribution in [0, 0.1) is 5.41 Å². The lowest BCUT2D eigenvalue weighted by Crippen LogP contribution is -2.40. The highest BCUT2D eigenvalue weighted by Gasteiger charge is 2.74. The summed E-state index contributed by atoms with van der Waals surface area (Å²) >= 11 is 0. The normalized spacial score (nSPS) is 40.9. The first-order valence-corrected chi connectivity index (χ1v) is 6.95. The van der Waals surface area contributed by atoms with Crippen molar-refractivity contribution in [3.8, 4) is 0 Å². The molecule has 1 N–H and O–H groups in total. The van der Waals surface area contributed by atoms with E-state index in [1.54, 1.807) is 5.56 Å². The Morgan fingerprint density at radius 3 is 3.17 bits per heavy atom. The molecule has 1 aromatic heterocycles. The second kappa shape index (κ2) is 2.53. The maximum absolute atomic E-state index is 3.45. The van der Waals surface area contributed by atoms with Crippen LogP contribution < -0.4 is 0 Å². The standard InChI is InChI=1S/C16H18N2/c1-15-8-16(15)11-4-3-5-12-14(11)10(7-17-12)6-13(16)18(2)9-15/h3-5,7,13,17H,6,8-9H2,1-2H3/t13-,15+,16+/m1/s1. The Morgan fingerprint density at radius 2 is 2.28 bits per heavy atom. The van der Waals surface area contributed by atoms with Crippen molar-refractivity contribution < 1.29 is 0 Å². The van der Waals surface area contributed by atoms with Crippen LogP contribution in [0.3, 0.4) is 0 Å². The second-order valence-electron chi connectivity index (χ2n) is 6.89. The number of nitrogens with one attached hydrogen (secondary N) is 1. The molecule has 3 atom stereocenters. The molecular weight excluding hydrogens is 220 g/mol. The predicted molar refractivity (Wildman–Crippen MR) is 72.8 cm³/mol. The molecule has 2 aromatic rings. The van der Waals surface area contributed by atoms with E-state index in [9.17, 15) is 0 Å². The van der Waals surface area contributed by atoms with Crippen molar-refractivity contribution in [1.29, 1.82) is 0 Å². The number of hydrogen-bond donors (Lipinski definition) is 1. The van der Waals surface area contributed by atoms with E-state index < -0.39 is 0 Å². The molecule has 18 heavy (non-hydrogen) atoms. The van der Waals surface area contributed by atoms with Crippen molar-refractivity contribution in [1.82, 2.24) is 9.88 Å². The first-order chi connectivity index (χ1) is 8.66. The van der Waals surface area contributed by atoms with Gasteiger partial charge < -0.3 is 9.88 Å². The first kappa shape index (κ1) is 9.62. The molecule has 1 spiro atoms. The van der Waals surface area contributed by atoms with Gasteiger partial charge in [0.25, 0.3) is 0 Å². The summed E-state index contributed by atoms with van der Waals surface area (Å²) in [7, 11) is 2.31. The van der Waals surface area contributed by atoms with Gasteiger partial charge in [-0.2, -0.15) is 0 Å². The van der Waals surface area contributed by atoms with E-state index in [0.29, 0.717) is 10.8 Å². The van der Waals surface area contributed by atoms with E-state index in [4.69, 9.17) is 0 Å². The van der Waals surface area contributed by atoms with Crippen LogP contribution in [-0.4, -0.2) is 29.5 Å². The second-order valence-corrected chi connectivity index (χ2v) is 6.89. The Bertz CT molecular complexity index is 685. The number of likely N-dealkylation sites (N-methyl/N-ethyl adjacent to an activating group) is 1. The summed E-state index contributed by atoms with van der Waals surface area (Å²) < 4.78 is 0. The summed E-state index contributed by atoms with van der Waals surface area (Å²) in [4.78, 5) is 6.05. The minimum atomic E-state index is 0.455. The van der Waals surface area contributed by atoms with E-state index in [-0.39, 0.29) is 0 Å². The predicted octanol–water partition coefficient (Wildman–Crippen LogP) is 2.69. The van der Waals surface area contributed by atoms with Crippen LogP contribution in [0.5, 0.6) is 0 Å². The molecule has 2 nitrogen and oxygen atoms in total. The van der Waals surface area contributed by atoms with Crippen LogP contribution >= 0.6 is 0 Å². The fourth-order valence-electron chi connectivity index (χ4n) is 5.25. The number of aromatic amines is 1. The molecule has 2 heterocycles. The summed E-state index contributed by atoms with van der Waals surface area (Å²) in [6.07, 6.45) is 4.84. The van der Waals surface area contributed by atoms with Crippen LogP contribution in [0.25, 0.3) is 10.9 Å². The van der Waals surface area contributed by atoms with Gasteiger partial charge in [0.1, 0.15) is 0 Å². The van der Waals surface area contributed by atoms with Crippen molar-refractivity contribution in [2.75, 3.05) is 13.6 Å². The Morgan fingerprint density at radius 1 is 1.39 bits per heavy atom. The number of benzene rings is 1. The zero-order valence-electron chi connectivity index (χ0n) is 11.0. The number of H-pyrrole nitrogens is 1. The van der Waals surface area contributed by atoms with Crippen LogP contribution in [0.2, 0.25) is 0 Å². The van der Waals surface area contributed by atoms with Gasteiger partial charge in [-0.15, -0.1) is 0 Å². The lowest BCUT2D eigenvalue weighted by Gasteiger charge is -2.34. The third-order valence-corrected chi connectivity index (χ3v) is 6.00. The molecule has 1 aliphatic heterocycles. The molecule has 0 bridgehead atoms. The lowest BCUT2D eigenvalue weighted by atomic mass is 9.75. The van der Waals surface area contributed by atoms with Crippen LogP contribution in [0.4, 0.5) is 0 Å². The number of piperidine rings is 1. The van der Waals surface area contributed by atoms with Gasteiger partial charge >= 0.3 is 0 Å². The Hall–Kier alpha value is -1.28. The van der Waals surface area contributed by atoms with Gasteiger partial charge in [0.2, 0.25) is 0 Å². The molecule has 1 saturated carbocycles. The van der Waals surface area contributed by atoms with Gasteiger partial charge in [-0.3, -0.25) is 0 Å². The molecule has 3 aliphatic rings. The molecule has 2 heteroatoms. The van der Waals surface area contributed by atoms with E-state index in [1.165, 1.54) is 35.9 Å². The van der Waals surface area contributed by atoms with Gasteiger partial charge in [-0.25, -0.2) is 0 Å². The molecule has 2 aliphatic carbocycles. The number of nitrogens with zero attached hydrogens (tertiary/aromatic N) is 1. The minimum Gasteiger partial charge on any atom is -0.361 e. The van der Waals surface area contributed by atoms with Crippen molar-refractivity contribution in [2.24, 2.45) is 5.41 Å². The highest BCUT2D eigenvalue weighted by Crippen LogP contribution is 2.73. The molecule has 2 fully saturated rings. The smallest absolute Gasteiger partial charge is 0.0459 e. The zero-order chi connectivity index (χ0) is 12.1. The number of hydrogen-bond acceptors (Lipinski definition) is 1. The molecule has 0 amide bonds. The fraction of sp³-hybridized carbons (Fsp3) is 0.500. The number of rotatable bonds is 0. The summed E-state index contributed by atoms with van der Waals surface area (Å²) in [5.74, 6) is 0. The largest absolute Gasteiger partial charge is 0.361 e. The Kier molecular flexibility index (Phi) is 1.35. The monoisotopic (exact) mass is 238 g/mol. The summed E-state index contributed by atoms with van der Waals surface area (Å²) in [5, 5.41) is 1.53. The molecule has 1 aromatic carbocycles. The Labute approximate surface area is 107 Å². The van der Waals surface area contributed by atoms with Gasteiger partial charge in [-0.1, -0.05) is 19.1 Å². The third kappa shape index (κ3) is 0.777. The minimum absolute atomic E-state index is 0.455. The van der Waals surface area contributed by atoms with Crippen molar-refractivity contribution >= 4 is 10.9 Å². The van der Waals surface area contributed by atoms with E-state index >= 15 is 0 Å². The van der Waals surface area contributed by atoms with Crippen molar-refractivity contribution in [3.05, 3.63) is 35.5 Å². The van der Waals surface area contributed by atoms with Crippen molar-refractivity contribution in [2.45, 2.75) is 31.2 Å². The quantitative estimate of drug-likeness (QED) is 0.747. The van der Waals surface area contributed by atoms with E-state index in [1.807, 2.05) is 0 Å². The van der Waals surface area contributed by atoms with Gasteiger partial charge in [0.05, 0.1) is 0 Å². The SMILES string of the molecule is CN1C[C@]2(C)C[C@@]23c2cccc4[nH]cc(c24)C[C@@H]13. The maximum atomic E-state index is 3.45. The molecule has 92 valence electrons. The first-order valence-electron chi connectivity index (χ1n) is 6.95. The van der Waals surface area contributed by atoms with Crippen LogP contribution in [-0.2, 0) is 11.8 Å².